The van der Waals surface area contributed by atoms with Crippen molar-refractivity contribution in [2.75, 3.05) is 13.2 Å². The van der Waals surface area contributed by atoms with Crippen molar-refractivity contribution in [3.8, 4) is 0 Å². The van der Waals surface area contributed by atoms with Gasteiger partial charge < -0.3 is 14.2 Å². The molecular weight excluding hydrogens is 793 g/mol. The fraction of sp³-hybridized carbons (Fsp3) is 0.845. The van der Waals surface area contributed by atoms with Crippen molar-refractivity contribution in [2.24, 2.45) is 0 Å². The van der Waals surface area contributed by atoms with Gasteiger partial charge in [-0.25, -0.2) is 0 Å². The van der Waals surface area contributed by atoms with E-state index in [0.29, 0.717) is 19.3 Å². The zero-order valence-corrected chi connectivity index (χ0v) is 42.8. The first kappa shape index (κ1) is 61.6. The molecule has 0 aromatic rings. The molecule has 374 valence electrons. The van der Waals surface area contributed by atoms with Crippen LogP contribution >= 0.6 is 0 Å². The van der Waals surface area contributed by atoms with Crippen LogP contribution in [0.5, 0.6) is 0 Å². The van der Waals surface area contributed by atoms with Crippen LogP contribution in [0.4, 0.5) is 0 Å². The monoisotopic (exact) mass is 899 g/mol. The van der Waals surface area contributed by atoms with Crippen LogP contribution in [0.3, 0.4) is 0 Å². The van der Waals surface area contributed by atoms with Crippen LogP contribution in [0.1, 0.15) is 297 Å². The highest BCUT2D eigenvalue weighted by atomic mass is 16.6. The minimum atomic E-state index is -0.775. The van der Waals surface area contributed by atoms with Crippen molar-refractivity contribution in [1.82, 2.24) is 0 Å². The lowest BCUT2D eigenvalue weighted by atomic mass is 10.0. The van der Waals surface area contributed by atoms with E-state index in [2.05, 4.69) is 57.2 Å². The predicted molar refractivity (Wildman–Crippen MR) is 275 cm³/mol. The van der Waals surface area contributed by atoms with Gasteiger partial charge in [0.05, 0.1) is 0 Å². The molecule has 0 aliphatic rings. The molecule has 0 aromatic carbocycles. The number of ether oxygens (including phenoxy) is 3. The summed E-state index contributed by atoms with van der Waals surface area (Å²) in [6.07, 6.45) is 62.7. The van der Waals surface area contributed by atoms with Gasteiger partial charge in [-0.3, -0.25) is 14.4 Å². The first-order chi connectivity index (χ1) is 31.5. The molecule has 0 rings (SSSR count). The van der Waals surface area contributed by atoms with Gasteiger partial charge in [0.25, 0.3) is 0 Å². The molecule has 1 atom stereocenters. The summed E-state index contributed by atoms with van der Waals surface area (Å²) < 4.78 is 16.8. The van der Waals surface area contributed by atoms with Gasteiger partial charge in [-0.1, -0.05) is 269 Å². The Hall–Kier alpha value is -2.37. The van der Waals surface area contributed by atoms with E-state index in [1.165, 1.54) is 180 Å². The number of hydrogen-bond donors (Lipinski definition) is 0. The minimum absolute atomic E-state index is 0.0742. The van der Waals surface area contributed by atoms with E-state index in [-0.39, 0.29) is 31.1 Å². The normalized spacial score (nSPS) is 12.2. The molecule has 0 amide bonds. The third-order valence-electron chi connectivity index (χ3n) is 12.5. The Morgan fingerprint density at radius 2 is 0.562 bits per heavy atom. The van der Waals surface area contributed by atoms with Crippen molar-refractivity contribution < 1.29 is 28.6 Å². The second kappa shape index (κ2) is 53.2. The average Bonchev–Trinajstić information content (AvgIpc) is 3.29. The number of carbonyl (C=O) groups excluding carboxylic acids is 3. The van der Waals surface area contributed by atoms with Crippen LogP contribution in [0.15, 0.2) is 36.5 Å². The molecule has 64 heavy (non-hydrogen) atoms. The molecule has 6 heteroatoms. The molecule has 0 saturated carbocycles. The maximum Gasteiger partial charge on any atom is 0.306 e. The highest BCUT2D eigenvalue weighted by Crippen LogP contribution is 2.16. The number of carbonyl (C=O) groups is 3. The van der Waals surface area contributed by atoms with Gasteiger partial charge in [0, 0.05) is 19.3 Å². The molecule has 0 saturated heterocycles. The Labute approximate surface area is 397 Å². The highest BCUT2D eigenvalue weighted by molar-refractivity contribution is 5.71. The van der Waals surface area contributed by atoms with Crippen molar-refractivity contribution in [1.29, 1.82) is 0 Å². The van der Waals surface area contributed by atoms with Gasteiger partial charge in [0.1, 0.15) is 13.2 Å². The number of allylic oxidation sites excluding steroid dienone is 6. The lowest BCUT2D eigenvalue weighted by Gasteiger charge is -2.18. The van der Waals surface area contributed by atoms with Gasteiger partial charge in [-0.2, -0.15) is 0 Å². The van der Waals surface area contributed by atoms with Crippen LogP contribution in [0, 0.1) is 0 Å². The van der Waals surface area contributed by atoms with Crippen molar-refractivity contribution in [3.05, 3.63) is 36.5 Å². The maximum absolute atomic E-state index is 12.8. The van der Waals surface area contributed by atoms with E-state index < -0.39 is 6.10 Å². The summed E-state index contributed by atoms with van der Waals surface area (Å²) in [4.78, 5) is 38.1. The molecule has 0 aliphatic heterocycles. The first-order valence-electron chi connectivity index (χ1n) is 28.0. The molecular formula is C58H106O6. The lowest BCUT2D eigenvalue weighted by Crippen LogP contribution is -2.30. The van der Waals surface area contributed by atoms with E-state index in [4.69, 9.17) is 14.2 Å². The van der Waals surface area contributed by atoms with Crippen molar-refractivity contribution in [2.45, 2.75) is 303 Å². The molecule has 0 fully saturated rings. The first-order valence-corrected chi connectivity index (χ1v) is 28.0. The molecule has 0 N–H and O–H groups in total. The molecule has 0 heterocycles. The fourth-order valence-electron chi connectivity index (χ4n) is 8.21. The maximum atomic E-state index is 12.8. The Morgan fingerprint density at radius 1 is 0.312 bits per heavy atom. The highest BCUT2D eigenvalue weighted by Gasteiger charge is 2.19. The third kappa shape index (κ3) is 50.6. The van der Waals surface area contributed by atoms with E-state index in [1.54, 1.807) is 0 Å². The number of unbranched alkanes of at least 4 members (excludes halogenated alkanes) is 36. The second-order valence-corrected chi connectivity index (χ2v) is 18.9. The Kier molecular flexibility index (Phi) is 51.3. The van der Waals surface area contributed by atoms with Gasteiger partial charge in [-0.05, 0) is 44.9 Å². The Bertz CT molecular complexity index is 1080. The third-order valence-corrected chi connectivity index (χ3v) is 12.5. The number of rotatable bonds is 51. The van der Waals surface area contributed by atoms with Crippen LogP contribution in [0.2, 0.25) is 0 Å². The van der Waals surface area contributed by atoms with Crippen molar-refractivity contribution in [3.63, 3.8) is 0 Å². The predicted octanol–water partition coefficient (Wildman–Crippen LogP) is 18.5. The molecule has 0 aromatic heterocycles. The van der Waals surface area contributed by atoms with Crippen LogP contribution in [0.25, 0.3) is 0 Å². The standard InChI is InChI=1S/C58H106O6/c1-4-7-10-13-16-19-22-25-27-29-30-32-33-36-39-42-45-48-51-57(60)63-54-55(53-62-56(59)50-47-44-41-38-35-24-21-18-15-12-9-6-3)64-58(61)52-49-46-43-40-37-34-31-28-26-23-20-17-14-11-8-5-2/h22,25,27,29-30,32,55H,4-21,23-24,26,28,31,33-54H2,1-3H3/b25-22-,29-27-,32-30-. The average molecular weight is 899 g/mol. The zero-order valence-electron chi connectivity index (χ0n) is 42.8. The molecule has 6 nitrogen and oxygen atoms in total. The van der Waals surface area contributed by atoms with Gasteiger partial charge >= 0.3 is 17.9 Å². The summed E-state index contributed by atoms with van der Waals surface area (Å²) in [5, 5.41) is 0. The summed E-state index contributed by atoms with van der Waals surface area (Å²) in [6, 6.07) is 0. The summed E-state index contributed by atoms with van der Waals surface area (Å²) in [7, 11) is 0. The van der Waals surface area contributed by atoms with Gasteiger partial charge in [0.2, 0.25) is 0 Å². The largest absolute Gasteiger partial charge is 0.462 e. The van der Waals surface area contributed by atoms with E-state index in [0.717, 1.165) is 77.0 Å². The van der Waals surface area contributed by atoms with Crippen LogP contribution < -0.4 is 0 Å². The van der Waals surface area contributed by atoms with Gasteiger partial charge in [-0.15, -0.1) is 0 Å². The lowest BCUT2D eigenvalue weighted by molar-refractivity contribution is -0.167. The number of esters is 3. The molecule has 1 unspecified atom stereocenters. The van der Waals surface area contributed by atoms with E-state index >= 15 is 0 Å². The summed E-state index contributed by atoms with van der Waals surface area (Å²) >= 11 is 0. The number of hydrogen-bond acceptors (Lipinski definition) is 6. The van der Waals surface area contributed by atoms with Crippen molar-refractivity contribution >= 4 is 17.9 Å². The van der Waals surface area contributed by atoms with Gasteiger partial charge in [0.15, 0.2) is 6.10 Å². The minimum Gasteiger partial charge on any atom is -0.462 e. The van der Waals surface area contributed by atoms with Crippen LogP contribution in [-0.2, 0) is 28.6 Å². The van der Waals surface area contributed by atoms with E-state index in [9.17, 15) is 14.4 Å². The van der Waals surface area contributed by atoms with E-state index in [1.807, 2.05) is 0 Å². The SMILES string of the molecule is CCCCCCC\C=C/C=C\C=C/CCCCCCCC(=O)OCC(COC(=O)CCCCCCCCCCCCCC)OC(=O)CCCCCCCCCCCCCCCCCC. The topological polar surface area (TPSA) is 78.9 Å². The summed E-state index contributed by atoms with van der Waals surface area (Å²) in [6.45, 7) is 6.64. The quantitative estimate of drug-likeness (QED) is 0.0262. The molecule has 0 spiro atoms. The summed E-state index contributed by atoms with van der Waals surface area (Å²) in [5.74, 6) is -0.878. The summed E-state index contributed by atoms with van der Waals surface area (Å²) in [5.41, 5.74) is 0. The Morgan fingerprint density at radius 3 is 0.859 bits per heavy atom. The second-order valence-electron chi connectivity index (χ2n) is 18.9. The Balaban J connectivity index is 4.36. The van der Waals surface area contributed by atoms with Crippen LogP contribution in [-0.4, -0.2) is 37.2 Å². The smallest absolute Gasteiger partial charge is 0.306 e. The molecule has 0 bridgehead atoms. The molecule has 0 radical (unpaired) electrons. The fourth-order valence-corrected chi connectivity index (χ4v) is 8.21. The molecule has 0 aliphatic carbocycles. The zero-order chi connectivity index (χ0) is 46.5.